The third kappa shape index (κ3) is 5.67. The first-order chi connectivity index (χ1) is 18.1. The summed E-state index contributed by atoms with van der Waals surface area (Å²) in [6.07, 6.45) is 2.75. The van der Waals surface area contributed by atoms with Gasteiger partial charge in [0.05, 0.1) is 11.2 Å². The molecular weight excluding hydrogens is 482 g/mol. The van der Waals surface area contributed by atoms with Crippen LogP contribution in [0.1, 0.15) is 50.4 Å². The van der Waals surface area contributed by atoms with Crippen LogP contribution < -0.4 is 25.4 Å². The fraction of sp³-hybridized carbons (Fsp3) is 0.414. The molecular formula is C29H35N5O4. The number of aromatic nitrogens is 2. The molecule has 200 valence electrons. The van der Waals surface area contributed by atoms with E-state index in [9.17, 15) is 4.79 Å². The van der Waals surface area contributed by atoms with E-state index in [0.29, 0.717) is 25.6 Å². The van der Waals surface area contributed by atoms with E-state index in [1.807, 2.05) is 42.2 Å². The molecule has 1 aliphatic carbocycles. The van der Waals surface area contributed by atoms with Crippen molar-refractivity contribution in [1.29, 1.82) is 0 Å². The second-order valence-corrected chi connectivity index (χ2v) is 11.1. The minimum atomic E-state index is -1.03. The minimum absolute atomic E-state index is 0.182. The molecule has 4 N–H and O–H groups in total. The molecule has 9 heteroatoms. The van der Waals surface area contributed by atoms with Crippen molar-refractivity contribution < 1.29 is 19.4 Å². The van der Waals surface area contributed by atoms with E-state index >= 15 is 0 Å². The lowest BCUT2D eigenvalue weighted by Gasteiger charge is -2.47. The molecule has 1 aliphatic heterocycles. The van der Waals surface area contributed by atoms with E-state index < -0.39 is 11.6 Å². The summed E-state index contributed by atoms with van der Waals surface area (Å²) in [6, 6.07) is 18.6. The van der Waals surface area contributed by atoms with Crippen molar-refractivity contribution in [3.05, 3.63) is 77.6 Å². The molecule has 2 fully saturated rings. The van der Waals surface area contributed by atoms with Gasteiger partial charge in [-0.2, -0.15) is 0 Å². The molecule has 0 spiro atoms. The maximum Gasteiger partial charge on any atom is 0.405 e. The predicted molar refractivity (Wildman–Crippen MR) is 145 cm³/mol. The van der Waals surface area contributed by atoms with Crippen LogP contribution in [0.25, 0.3) is 0 Å². The van der Waals surface area contributed by atoms with Crippen LogP contribution in [-0.4, -0.2) is 51.9 Å². The largest absolute Gasteiger partial charge is 0.490 e. The van der Waals surface area contributed by atoms with Crippen LogP contribution >= 0.6 is 0 Å². The number of benzene rings is 2. The van der Waals surface area contributed by atoms with E-state index in [2.05, 4.69) is 53.4 Å². The fourth-order valence-corrected chi connectivity index (χ4v) is 5.03. The lowest BCUT2D eigenvalue weighted by atomic mass is 9.78. The molecule has 38 heavy (non-hydrogen) atoms. The lowest BCUT2D eigenvalue weighted by molar-refractivity contribution is 0.101. The van der Waals surface area contributed by atoms with Crippen molar-refractivity contribution in [2.75, 3.05) is 18.0 Å². The molecule has 3 aromatic rings. The smallest absolute Gasteiger partial charge is 0.405 e. The Kier molecular flexibility index (Phi) is 6.88. The number of carboxylic acid groups (broad SMARTS) is 1. The van der Waals surface area contributed by atoms with Gasteiger partial charge in [-0.15, -0.1) is 0 Å². The van der Waals surface area contributed by atoms with Gasteiger partial charge in [0.1, 0.15) is 24.2 Å². The molecule has 0 bridgehead atoms. The second kappa shape index (κ2) is 10.1. The number of amides is 1. The molecule has 0 radical (unpaired) electrons. The molecule has 1 saturated heterocycles. The van der Waals surface area contributed by atoms with Gasteiger partial charge in [-0.05, 0) is 61.2 Å². The van der Waals surface area contributed by atoms with Crippen LogP contribution in [0.15, 0.2) is 60.8 Å². The van der Waals surface area contributed by atoms with E-state index in [-0.39, 0.29) is 17.6 Å². The van der Waals surface area contributed by atoms with Gasteiger partial charge in [-0.3, -0.25) is 0 Å². The normalized spacial score (nSPS) is 20.2. The molecule has 1 amide bonds. The first-order valence-corrected chi connectivity index (χ1v) is 12.9. The standard InChI is InChI=1S/C29H35N5O4/c1-28(2,20-6-10-24(11-7-20)38-25-14-21(30)15-25)19-4-8-23(9-5-19)37-16-22-12-13-31-26(32-22)34-17-29(3,18-34)33-27(35)36/h4-13,21,25,33H,14-18,30H2,1-3H3,(H,35,36)/t21-,25+. The number of hydrogen-bond donors (Lipinski definition) is 3. The highest BCUT2D eigenvalue weighted by atomic mass is 16.5. The minimum Gasteiger partial charge on any atom is -0.490 e. The van der Waals surface area contributed by atoms with Gasteiger partial charge in [-0.1, -0.05) is 38.1 Å². The lowest BCUT2D eigenvalue weighted by Crippen LogP contribution is -2.69. The summed E-state index contributed by atoms with van der Waals surface area (Å²) in [5, 5.41) is 11.5. The highest BCUT2D eigenvalue weighted by molar-refractivity contribution is 5.66. The van der Waals surface area contributed by atoms with Crippen LogP contribution in [0.3, 0.4) is 0 Å². The maximum atomic E-state index is 11.0. The number of nitrogens with zero attached hydrogens (tertiary/aromatic N) is 3. The molecule has 2 aromatic carbocycles. The summed E-state index contributed by atoms with van der Waals surface area (Å²) in [7, 11) is 0. The van der Waals surface area contributed by atoms with Crippen molar-refractivity contribution in [2.24, 2.45) is 5.73 Å². The monoisotopic (exact) mass is 517 g/mol. The van der Waals surface area contributed by atoms with Gasteiger partial charge in [0.25, 0.3) is 0 Å². The number of nitrogens with one attached hydrogen (secondary N) is 1. The van der Waals surface area contributed by atoms with Crippen LogP contribution in [0.5, 0.6) is 11.5 Å². The van der Waals surface area contributed by atoms with Gasteiger partial charge in [0, 0.05) is 30.7 Å². The zero-order valence-electron chi connectivity index (χ0n) is 22.1. The van der Waals surface area contributed by atoms with Gasteiger partial charge >= 0.3 is 6.09 Å². The van der Waals surface area contributed by atoms with E-state index in [1.165, 1.54) is 11.1 Å². The molecule has 9 nitrogen and oxygen atoms in total. The predicted octanol–water partition coefficient (Wildman–Crippen LogP) is 4.10. The number of hydrogen-bond acceptors (Lipinski definition) is 7. The molecule has 1 saturated carbocycles. The average Bonchev–Trinajstić information content (AvgIpc) is 2.85. The Bertz CT molecular complexity index is 1270. The number of nitrogens with two attached hydrogens (primary N) is 1. The Labute approximate surface area is 223 Å². The first kappa shape index (κ1) is 25.8. The van der Waals surface area contributed by atoms with Crippen LogP contribution in [0, 0.1) is 0 Å². The van der Waals surface area contributed by atoms with Crippen molar-refractivity contribution in [3.63, 3.8) is 0 Å². The van der Waals surface area contributed by atoms with Crippen molar-refractivity contribution in [2.45, 2.75) is 63.3 Å². The zero-order valence-corrected chi connectivity index (χ0v) is 22.1. The Balaban J connectivity index is 1.16. The Morgan fingerprint density at radius 3 is 2.26 bits per heavy atom. The molecule has 2 heterocycles. The van der Waals surface area contributed by atoms with Gasteiger partial charge in [-0.25, -0.2) is 14.8 Å². The molecule has 2 aliphatic rings. The van der Waals surface area contributed by atoms with Crippen molar-refractivity contribution in [1.82, 2.24) is 15.3 Å². The van der Waals surface area contributed by atoms with E-state index in [4.69, 9.17) is 20.3 Å². The quantitative estimate of drug-likeness (QED) is 0.388. The second-order valence-electron chi connectivity index (χ2n) is 11.1. The van der Waals surface area contributed by atoms with Gasteiger partial charge in [0.15, 0.2) is 0 Å². The Morgan fingerprint density at radius 1 is 1.08 bits per heavy atom. The van der Waals surface area contributed by atoms with Gasteiger partial charge < -0.3 is 30.5 Å². The summed E-state index contributed by atoms with van der Waals surface area (Å²) >= 11 is 0. The van der Waals surface area contributed by atoms with Crippen LogP contribution in [0.4, 0.5) is 10.7 Å². The molecule has 0 unspecified atom stereocenters. The summed E-state index contributed by atoms with van der Waals surface area (Å²) < 4.78 is 12.0. The number of anilines is 1. The van der Waals surface area contributed by atoms with E-state index in [1.54, 1.807) is 6.20 Å². The third-order valence-corrected chi connectivity index (χ3v) is 7.44. The maximum absolute atomic E-state index is 11.0. The average molecular weight is 518 g/mol. The van der Waals surface area contributed by atoms with Gasteiger partial charge in [0.2, 0.25) is 5.95 Å². The topological polar surface area (TPSA) is 123 Å². The fourth-order valence-electron chi connectivity index (χ4n) is 5.03. The summed E-state index contributed by atoms with van der Waals surface area (Å²) in [5.74, 6) is 2.22. The zero-order chi connectivity index (χ0) is 26.9. The Morgan fingerprint density at radius 2 is 1.68 bits per heavy atom. The van der Waals surface area contributed by atoms with E-state index in [0.717, 1.165) is 30.0 Å². The summed E-state index contributed by atoms with van der Waals surface area (Å²) in [5.41, 5.74) is 8.33. The molecule has 0 atom stereocenters. The molecule has 5 rings (SSSR count). The summed E-state index contributed by atoms with van der Waals surface area (Å²) in [6.45, 7) is 7.63. The first-order valence-electron chi connectivity index (χ1n) is 12.9. The van der Waals surface area contributed by atoms with Crippen molar-refractivity contribution in [3.8, 4) is 11.5 Å². The number of rotatable bonds is 9. The highest BCUT2D eigenvalue weighted by Gasteiger charge is 2.41. The van der Waals surface area contributed by atoms with Crippen LogP contribution in [-0.2, 0) is 12.0 Å². The Hall–Kier alpha value is -3.85. The van der Waals surface area contributed by atoms with Crippen LogP contribution in [0.2, 0.25) is 0 Å². The molecule has 1 aromatic heterocycles. The third-order valence-electron chi connectivity index (χ3n) is 7.44. The number of carbonyl (C=O) groups is 1. The van der Waals surface area contributed by atoms with Crippen molar-refractivity contribution >= 4 is 12.0 Å². The summed E-state index contributed by atoms with van der Waals surface area (Å²) in [4.78, 5) is 21.8. The highest BCUT2D eigenvalue weighted by Crippen LogP contribution is 2.34. The SMILES string of the molecule is CC1(NC(=O)O)CN(c2nccc(COc3ccc(C(C)(C)c4ccc(O[C@H]5C[C@@H](N)C5)cc4)cc3)n2)C1. The number of ether oxygens (including phenoxy) is 2.